The zero-order valence-electron chi connectivity index (χ0n) is 14.5. The number of carboxylic acids is 1. The van der Waals surface area contributed by atoms with Crippen LogP contribution < -0.4 is 10.9 Å². The van der Waals surface area contributed by atoms with E-state index >= 15 is 0 Å². The second-order valence-electron chi connectivity index (χ2n) is 7.68. The first-order valence-corrected chi connectivity index (χ1v) is 9.94. The van der Waals surface area contributed by atoms with E-state index in [9.17, 15) is 19.5 Å². The Kier molecular flexibility index (Phi) is 4.34. The molecule has 0 aliphatic heterocycles. The largest absolute Gasteiger partial charge is 0.481 e. The summed E-state index contributed by atoms with van der Waals surface area (Å²) in [6.07, 6.45) is 7.46. The van der Waals surface area contributed by atoms with Crippen molar-refractivity contribution in [3.63, 3.8) is 0 Å². The number of aliphatic carboxylic acids is 1. The third-order valence-corrected chi connectivity index (χ3v) is 7.04. The Bertz CT molecular complexity index is 799. The predicted octanol–water partition coefficient (Wildman–Crippen LogP) is 2.16. The van der Waals surface area contributed by atoms with Crippen LogP contribution in [0.15, 0.2) is 17.5 Å². The fourth-order valence-corrected chi connectivity index (χ4v) is 5.90. The lowest BCUT2D eigenvalue weighted by Gasteiger charge is -2.24. The fourth-order valence-electron chi connectivity index (χ4n) is 4.65. The molecule has 26 heavy (non-hydrogen) atoms. The van der Waals surface area contributed by atoms with Crippen LogP contribution >= 0.6 is 11.3 Å². The minimum absolute atomic E-state index is 0.0617. The summed E-state index contributed by atoms with van der Waals surface area (Å²) in [5.41, 5.74) is 6.67. The number of nitrogens with one attached hydrogen (secondary N) is 2. The molecule has 3 aliphatic rings. The lowest BCUT2D eigenvalue weighted by atomic mass is 9.82. The topological polar surface area (TPSA) is 95.5 Å². The molecule has 1 aromatic heterocycles. The van der Waals surface area contributed by atoms with E-state index in [1.807, 2.05) is 17.5 Å². The zero-order valence-corrected chi connectivity index (χ0v) is 15.3. The molecule has 0 aromatic carbocycles. The van der Waals surface area contributed by atoms with Crippen LogP contribution in [-0.2, 0) is 22.4 Å². The summed E-state index contributed by atoms with van der Waals surface area (Å²) in [5.74, 6) is -2.54. The van der Waals surface area contributed by atoms with Crippen LogP contribution in [0.3, 0.4) is 0 Å². The van der Waals surface area contributed by atoms with E-state index in [1.165, 1.54) is 4.88 Å². The number of rotatable bonds is 3. The average Bonchev–Trinajstić information content (AvgIpc) is 3.32. The van der Waals surface area contributed by atoms with Gasteiger partial charge in [0.25, 0.3) is 5.91 Å². The minimum atomic E-state index is -0.950. The first-order valence-electron chi connectivity index (χ1n) is 9.06. The van der Waals surface area contributed by atoms with Gasteiger partial charge in [-0.1, -0.05) is 19.1 Å². The van der Waals surface area contributed by atoms with Crippen molar-refractivity contribution < 1.29 is 19.5 Å². The molecule has 0 unspecified atom stereocenters. The van der Waals surface area contributed by atoms with E-state index in [0.717, 1.165) is 24.8 Å². The molecule has 6 nitrogen and oxygen atoms in total. The SMILES string of the molecule is C[C@H]1CCc2c(C(=O)NNC(=O)[C@@H]3[C@@H](C(=O)O)[C@H]4C=C[C@@H]3C4)csc2C1. The van der Waals surface area contributed by atoms with Gasteiger partial charge in [-0.05, 0) is 49.0 Å². The molecular weight excluding hydrogens is 352 g/mol. The summed E-state index contributed by atoms with van der Waals surface area (Å²) < 4.78 is 0. The molecule has 5 atom stereocenters. The summed E-state index contributed by atoms with van der Waals surface area (Å²) in [6, 6.07) is 0. The third-order valence-electron chi connectivity index (χ3n) is 5.99. The molecule has 0 saturated heterocycles. The number of carboxylic acid groups (broad SMARTS) is 1. The Labute approximate surface area is 155 Å². The summed E-state index contributed by atoms with van der Waals surface area (Å²) in [7, 11) is 0. The molecule has 1 heterocycles. The second-order valence-corrected chi connectivity index (χ2v) is 8.64. The standard InChI is InChI=1S/C19H22N2O4S/c1-9-2-5-12-13(8-26-14(12)6-9)17(22)20-21-18(23)15-10-3-4-11(7-10)16(15)19(24)25/h3-4,8-11,15-16H,2,5-7H2,1H3,(H,20,22)(H,21,23)(H,24,25)/t9-,10+,11-,15-,16-/m0/s1. The predicted molar refractivity (Wildman–Crippen MR) is 96.5 cm³/mol. The van der Waals surface area contributed by atoms with Crippen molar-refractivity contribution in [2.24, 2.45) is 29.6 Å². The maximum absolute atomic E-state index is 12.5. The lowest BCUT2D eigenvalue weighted by Crippen LogP contribution is -2.48. The van der Waals surface area contributed by atoms with Gasteiger partial charge in [0.1, 0.15) is 0 Å². The van der Waals surface area contributed by atoms with Crippen LogP contribution in [-0.4, -0.2) is 22.9 Å². The highest BCUT2D eigenvalue weighted by Gasteiger charge is 2.51. The van der Waals surface area contributed by atoms with E-state index in [0.29, 0.717) is 17.9 Å². The number of carbonyl (C=O) groups is 3. The molecule has 3 aliphatic carbocycles. The number of hydrogen-bond acceptors (Lipinski definition) is 4. The molecule has 1 fully saturated rings. The number of carbonyl (C=O) groups excluding carboxylic acids is 2. The van der Waals surface area contributed by atoms with Crippen LogP contribution in [0.5, 0.6) is 0 Å². The van der Waals surface area contributed by atoms with Gasteiger partial charge in [-0.25, -0.2) is 0 Å². The molecule has 0 radical (unpaired) electrons. The van der Waals surface area contributed by atoms with Crippen LogP contribution in [0, 0.1) is 29.6 Å². The molecule has 4 rings (SSSR count). The summed E-state index contributed by atoms with van der Waals surface area (Å²) in [6.45, 7) is 2.21. The third kappa shape index (κ3) is 2.84. The van der Waals surface area contributed by atoms with Gasteiger partial charge in [-0.3, -0.25) is 25.2 Å². The lowest BCUT2D eigenvalue weighted by molar-refractivity contribution is -0.148. The van der Waals surface area contributed by atoms with Crippen molar-refractivity contribution in [1.82, 2.24) is 10.9 Å². The maximum atomic E-state index is 12.5. The van der Waals surface area contributed by atoms with Crippen molar-refractivity contribution in [2.75, 3.05) is 0 Å². The van der Waals surface area contributed by atoms with Gasteiger partial charge >= 0.3 is 5.97 Å². The monoisotopic (exact) mass is 374 g/mol. The van der Waals surface area contributed by atoms with Crippen LogP contribution in [0.1, 0.15) is 40.6 Å². The van der Waals surface area contributed by atoms with Crippen molar-refractivity contribution in [3.05, 3.63) is 33.5 Å². The second kappa shape index (κ2) is 6.54. The molecule has 3 N–H and O–H groups in total. The molecule has 7 heteroatoms. The number of hydrogen-bond donors (Lipinski definition) is 3. The van der Waals surface area contributed by atoms with Crippen molar-refractivity contribution in [1.29, 1.82) is 0 Å². The van der Waals surface area contributed by atoms with Gasteiger partial charge in [0.2, 0.25) is 5.91 Å². The molecule has 2 amide bonds. The summed E-state index contributed by atoms with van der Waals surface area (Å²) in [5, 5.41) is 11.3. The molecule has 1 aromatic rings. The Morgan fingerprint density at radius 1 is 1.15 bits per heavy atom. The van der Waals surface area contributed by atoms with Gasteiger partial charge in [0.05, 0.1) is 17.4 Å². The fraction of sp³-hybridized carbons (Fsp3) is 0.526. The summed E-state index contributed by atoms with van der Waals surface area (Å²) in [4.78, 5) is 37.8. The van der Waals surface area contributed by atoms with E-state index in [1.54, 1.807) is 11.3 Å². The van der Waals surface area contributed by atoms with Crippen LogP contribution in [0.4, 0.5) is 0 Å². The first-order chi connectivity index (χ1) is 12.5. The molecule has 1 saturated carbocycles. The smallest absolute Gasteiger partial charge is 0.307 e. The van der Waals surface area contributed by atoms with Gasteiger partial charge < -0.3 is 5.11 Å². The van der Waals surface area contributed by atoms with E-state index in [2.05, 4.69) is 17.8 Å². The summed E-state index contributed by atoms with van der Waals surface area (Å²) >= 11 is 1.60. The highest BCUT2D eigenvalue weighted by Crippen LogP contribution is 2.48. The Balaban J connectivity index is 1.41. The zero-order chi connectivity index (χ0) is 18.4. The normalized spacial score (nSPS) is 31.5. The molecule has 2 bridgehead atoms. The Hall–Kier alpha value is -2.15. The number of fused-ring (bicyclic) bond motifs is 3. The van der Waals surface area contributed by atoms with E-state index in [4.69, 9.17) is 0 Å². The van der Waals surface area contributed by atoms with Crippen molar-refractivity contribution >= 4 is 29.1 Å². The quantitative estimate of drug-likeness (QED) is 0.558. The van der Waals surface area contributed by atoms with Crippen LogP contribution in [0.25, 0.3) is 0 Å². The molecule has 0 spiro atoms. The minimum Gasteiger partial charge on any atom is -0.481 e. The molecular formula is C19H22N2O4S. The Morgan fingerprint density at radius 3 is 2.62 bits per heavy atom. The highest BCUT2D eigenvalue weighted by molar-refractivity contribution is 7.10. The van der Waals surface area contributed by atoms with Gasteiger partial charge in [0.15, 0.2) is 0 Å². The number of thiophene rings is 1. The highest BCUT2D eigenvalue weighted by atomic mass is 32.1. The Morgan fingerprint density at radius 2 is 1.88 bits per heavy atom. The van der Waals surface area contributed by atoms with Crippen LogP contribution in [0.2, 0.25) is 0 Å². The molecule has 138 valence electrons. The van der Waals surface area contributed by atoms with E-state index < -0.39 is 23.7 Å². The van der Waals surface area contributed by atoms with Crippen molar-refractivity contribution in [2.45, 2.75) is 32.6 Å². The first kappa shape index (κ1) is 17.3. The van der Waals surface area contributed by atoms with Gasteiger partial charge in [-0.15, -0.1) is 11.3 Å². The van der Waals surface area contributed by atoms with E-state index in [-0.39, 0.29) is 17.7 Å². The van der Waals surface area contributed by atoms with Gasteiger partial charge in [0, 0.05) is 10.3 Å². The maximum Gasteiger partial charge on any atom is 0.307 e. The number of hydrazine groups is 1. The van der Waals surface area contributed by atoms with Crippen molar-refractivity contribution in [3.8, 4) is 0 Å². The number of amides is 2. The number of allylic oxidation sites excluding steroid dienone is 2. The van der Waals surface area contributed by atoms with Gasteiger partial charge in [-0.2, -0.15) is 0 Å². The average molecular weight is 374 g/mol.